The van der Waals surface area contributed by atoms with Crippen molar-refractivity contribution >= 4 is 15.9 Å². The average molecular weight is 378 g/mol. The van der Waals surface area contributed by atoms with E-state index in [0.29, 0.717) is 18.7 Å². The van der Waals surface area contributed by atoms with Crippen molar-refractivity contribution < 1.29 is 17.9 Å². The molecule has 26 heavy (non-hydrogen) atoms. The maximum atomic E-state index is 12.4. The molecule has 9 heteroatoms. The smallest absolute Gasteiger partial charge is 0.251 e. The van der Waals surface area contributed by atoms with E-state index >= 15 is 0 Å². The highest BCUT2D eigenvalue weighted by Gasteiger charge is 2.18. The van der Waals surface area contributed by atoms with Gasteiger partial charge in [-0.1, -0.05) is 6.07 Å². The lowest BCUT2D eigenvalue weighted by molar-refractivity contribution is 0.0857. The highest BCUT2D eigenvalue weighted by molar-refractivity contribution is 7.89. The molecule has 1 saturated heterocycles. The predicted molar refractivity (Wildman–Crippen MR) is 95.2 cm³/mol. The van der Waals surface area contributed by atoms with E-state index in [4.69, 9.17) is 4.74 Å². The molecule has 0 aliphatic carbocycles. The van der Waals surface area contributed by atoms with Crippen molar-refractivity contribution in [1.29, 1.82) is 0 Å². The Kier molecular flexibility index (Phi) is 6.02. The van der Waals surface area contributed by atoms with Crippen LogP contribution in [-0.4, -0.2) is 49.9 Å². The fourth-order valence-corrected chi connectivity index (χ4v) is 3.80. The fraction of sp³-hybridized carbons (Fsp3) is 0.412. The number of benzene rings is 1. The van der Waals surface area contributed by atoms with Crippen LogP contribution in [0.5, 0.6) is 0 Å². The van der Waals surface area contributed by atoms with Crippen LogP contribution in [0.4, 0.5) is 0 Å². The molecule has 1 fully saturated rings. The summed E-state index contributed by atoms with van der Waals surface area (Å²) in [6.45, 7) is 1.78. The summed E-state index contributed by atoms with van der Waals surface area (Å²) in [4.78, 5) is 12.3. The molecule has 1 aliphatic rings. The van der Waals surface area contributed by atoms with E-state index in [1.807, 2.05) is 0 Å². The summed E-state index contributed by atoms with van der Waals surface area (Å²) < 4.78 is 34.4. The molecule has 0 unspecified atom stereocenters. The number of carbonyl (C=O) groups excluding carboxylic acids is 1. The van der Waals surface area contributed by atoms with Crippen LogP contribution < -0.4 is 10.0 Å². The monoisotopic (exact) mass is 378 g/mol. The molecule has 8 nitrogen and oxygen atoms in total. The second kappa shape index (κ2) is 8.43. The zero-order valence-electron chi connectivity index (χ0n) is 14.3. The summed E-state index contributed by atoms with van der Waals surface area (Å²) >= 11 is 0. The third-order valence-electron chi connectivity index (χ3n) is 4.11. The largest absolute Gasteiger partial charge is 0.376 e. The molecule has 1 amide bonds. The van der Waals surface area contributed by atoms with Crippen LogP contribution in [0.2, 0.25) is 0 Å². The van der Waals surface area contributed by atoms with Gasteiger partial charge in [-0.3, -0.25) is 9.48 Å². The minimum atomic E-state index is -3.70. The number of nitrogens with zero attached hydrogens (tertiary/aromatic N) is 2. The molecular weight excluding hydrogens is 356 g/mol. The number of aromatic nitrogens is 2. The Hall–Kier alpha value is -2.23. The van der Waals surface area contributed by atoms with E-state index in [1.54, 1.807) is 35.3 Å². The lowest BCUT2D eigenvalue weighted by atomic mass is 10.2. The Bertz CT molecular complexity index is 830. The number of hydrogen-bond donors (Lipinski definition) is 2. The van der Waals surface area contributed by atoms with Crippen LogP contribution in [0.1, 0.15) is 23.2 Å². The van der Waals surface area contributed by atoms with Crippen LogP contribution in [0, 0.1) is 0 Å². The van der Waals surface area contributed by atoms with Crippen LogP contribution in [0.3, 0.4) is 0 Å². The van der Waals surface area contributed by atoms with E-state index in [-0.39, 0.29) is 23.5 Å². The van der Waals surface area contributed by atoms with Gasteiger partial charge in [0.25, 0.3) is 5.91 Å². The zero-order chi connectivity index (χ0) is 18.4. The summed E-state index contributed by atoms with van der Waals surface area (Å²) in [5, 5.41) is 6.81. The molecular formula is C17H22N4O4S. The Labute approximate surface area is 152 Å². The highest BCUT2D eigenvalue weighted by Crippen LogP contribution is 2.13. The molecule has 1 atom stereocenters. The van der Waals surface area contributed by atoms with Gasteiger partial charge in [0.05, 0.1) is 17.5 Å². The number of nitrogens with one attached hydrogen (secondary N) is 2. The van der Waals surface area contributed by atoms with Gasteiger partial charge in [0.15, 0.2) is 0 Å². The first-order valence-corrected chi connectivity index (χ1v) is 10.00. The van der Waals surface area contributed by atoms with E-state index in [0.717, 1.165) is 19.4 Å². The first kappa shape index (κ1) is 18.6. The number of ether oxygens (including phenoxy) is 1. The molecule has 0 spiro atoms. The Morgan fingerprint density at radius 2 is 2.23 bits per heavy atom. The number of hydrogen-bond acceptors (Lipinski definition) is 5. The summed E-state index contributed by atoms with van der Waals surface area (Å²) in [5.41, 5.74) is 0.304. The van der Waals surface area contributed by atoms with Gasteiger partial charge in [-0.25, -0.2) is 13.1 Å². The predicted octanol–water partition coefficient (Wildman–Crippen LogP) is 0.770. The molecule has 2 heterocycles. The quantitative estimate of drug-likeness (QED) is 0.706. The molecule has 0 saturated carbocycles. The summed E-state index contributed by atoms with van der Waals surface area (Å²) in [6.07, 6.45) is 5.35. The Balaban J connectivity index is 1.58. The maximum Gasteiger partial charge on any atom is 0.251 e. The van der Waals surface area contributed by atoms with Gasteiger partial charge < -0.3 is 10.1 Å². The van der Waals surface area contributed by atoms with Gasteiger partial charge in [0, 0.05) is 37.7 Å². The molecule has 0 bridgehead atoms. The Morgan fingerprint density at radius 3 is 2.96 bits per heavy atom. The van der Waals surface area contributed by atoms with Crippen LogP contribution in [0.25, 0.3) is 0 Å². The van der Waals surface area contributed by atoms with Crippen molar-refractivity contribution in [3.05, 3.63) is 48.3 Å². The van der Waals surface area contributed by atoms with Crippen molar-refractivity contribution in [2.45, 2.75) is 30.4 Å². The van der Waals surface area contributed by atoms with Crippen molar-refractivity contribution in [2.75, 3.05) is 19.7 Å². The second-order valence-electron chi connectivity index (χ2n) is 6.04. The number of carbonyl (C=O) groups is 1. The first-order chi connectivity index (χ1) is 12.5. The van der Waals surface area contributed by atoms with Crippen LogP contribution in [-0.2, 0) is 21.3 Å². The highest BCUT2D eigenvalue weighted by atomic mass is 32.2. The molecule has 0 radical (unpaired) electrons. The first-order valence-electron chi connectivity index (χ1n) is 8.51. The molecule has 2 N–H and O–H groups in total. The average Bonchev–Trinajstić information content (AvgIpc) is 3.33. The molecule has 140 valence electrons. The van der Waals surface area contributed by atoms with Gasteiger partial charge in [-0.15, -0.1) is 0 Å². The minimum Gasteiger partial charge on any atom is -0.376 e. The second-order valence-corrected chi connectivity index (χ2v) is 7.81. The topological polar surface area (TPSA) is 102 Å². The van der Waals surface area contributed by atoms with Crippen molar-refractivity contribution in [1.82, 2.24) is 19.8 Å². The van der Waals surface area contributed by atoms with Gasteiger partial charge >= 0.3 is 0 Å². The zero-order valence-corrected chi connectivity index (χ0v) is 15.1. The van der Waals surface area contributed by atoms with E-state index < -0.39 is 10.0 Å². The summed E-state index contributed by atoms with van der Waals surface area (Å²) in [7, 11) is -3.70. The minimum absolute atomic E-state index is 0.0369. The molecule has 2 aromatic rings. The van der Waals surface area contributed by atoms with Gasteiger partial charge in [0.2, 0.25) is 10.0 Å². The molecule has 1 aliphatic heterocycles. The van der Waals surface area contributed by atoms with E-state index in [9.17, 15) is 13.2 Å². The van der Waals surface area contributed by atoms with Crippen LogP contribution in [0.15, 0.2) is 47.6 Å². The SMILES string of the molecule is O=C(NC[C@H]1CCCO1)c1cccc(S(=O)(=O)NCCn2cccn2)c1. The van der Waals surface area contributed by atoms with Crippen molar-refractivity contribution in [3.63, 3.8) is 0 Å². The lowest BCUT2D eigenvalue weighted by Crippen LogP contribution is -2.32. The molecule has 3 rings (SSSR count). The maximum absolute atomic E-state index is 12.4. The number of sulfonamides is 1. The van der Waals surface area contributed by atoms with Gasteiger partial charge in [-0.2, -0.15) is 5.10 Å². The standard InChI is InChI=1S/C17H22N4O4S/c22-17(18-13-15-5-2-11-25-15)14-4-1-6-16(12-14)26(23,24)20-8-10-21-9-3-7-19-21/h1,3-4,6-7,9,12,15,20H,2,5,8,10-11,13H2,(H,18,22)/t15-/m1/s1. The van der Waals surface area contributed by atoms with Crippen molar-refractivity contribution in [3.8, 4) is 0 Å². The number of rotatable bonds is 8. The third kappa shape index (κ3) is 4.90. The van der Waals surface area contributed by atoms with E-state index in [2.05, 4.69) is 15.1 Å². The molecule has 1 aromatic carbocycles. The van der Waals surface area contributed by atoms with Gasteiger partial charge in [-0.05, 0) is 37.1 Å². The van der Waals surface area contributed by atoms with Crippen LogP contribution >= 0.6 is 0 Å². The normalized spacial score (nSPS) is 17.3. The summed E-state index contributed by atoms with van der Waals surface area (Å²) in [5.74, 6) is -0.311. The lowest BCUT2D eigenvalue weighted by Gasteiger charge is -2.12. The molecule has 1 aromatic heterocycles. The van der Waals surface area contributed by atoms with Crippen molar-refractivity contribution in [2.24, 2.45) is 0 Å². The van der Waals surface area contributed by atoms with E-state index in [1.165, 1.54) is 12.1 Å². The fourth-order valence-electron chi connectivity index (χ4n) is 2.73. The van der Waals surface area contributed by atoms with Gasteiger partial charge in [0.1, 0.15) is 0 Å². The number of amides is 1. The summed E-state index contributed by atoms with van der Waals surface area (Å²) in [6, 6.07) is 7.76. The Morgan fingerprint density at radius 1 is 1.35 bits per heavy atom. The third-order valence-corrected chi connectivity index (χ3v) is 5.57.